The fraction of sp³-hybridized carbons (Fsp3) is 0.769. The van der Waals surface area contributed by atoms with Crippen molar-refractivity contribution in [3.63, 3.8) is 0 Å². The summed E-state index contributed by atoms with van der Waals surface area (Å²) in [6.07, 6.45) is 1.00. The predicted molar refractivity (Wildman–Crippen MR) is 70.5 cm³/mol. The number of likely N-dealkylation sites (tertiary alicyclic amines) is 1. The van der Waals surface area contributed by atoms with Crippen molar-refractivity contribution >= 4 is 5.91 Å². The third-order valence-electron chi connectivity index (χ3n) is 3.65. The fourth-order valence-electron chi connectivity index (χ4n) is 2.29. The molecule has 106 valence electrons. The molecule has 1 aromatic rings. The molecule has 0 radical (unpaired) electrons. The number of carbonyl (C=O) groups excluding carboxylic acids is 1. The summed E-state index contributed by atoms with van der Waals surface area (Å²) in [5, 5.41) is 3.96. The molecular formula is C13H22N4O2. The van der Waals surface area contributed by atoms with E-state index in [0.29, 0.717) is 18.5 Å². The number of amides is 1. The van der Waals surface area contributed by atoms with Gasteiger partial charge in [0.25, 0.3) is 0 Å². The van der Waals surface area contributed by atoms with Crippen molar-refractivity contribution < 1.29 is 9.32 Å². The third kappa shape index (κ3) is 3.32. The van der Waals surface area contributed by atoms with E-state index in [1.165, 1.54) is 0 Å². The lowest BCUT2D eigenvalue weighted by molar-refractivity contribution is -0.129. The van der Waals surface area contributed by atoms with E-state index in [0.717, 1.165) is 25.3 Å². The second-order valence-electron chi connectivity index (χ2n) is 5.51. The van der Waals surface area contributed by atoms with Crippen LogP contribution in [-0.2, 0) is 11.3 Å². The first-order valence-corrected chi connectivity index (χ1v) is 6.75. The van der Waals surface area contributed by atoms with Gasteiger partial charge in [0.15, 0.2) is 5.82 Å². The lowest BCUT2D eigenvalue weighted by Crippen LogP contribution is -2.37. The normalized spacial score (nSPS) is 20.2. The van der Waals surface area contributed by atoms with E-state index in [-0.39, 0.29) is 11.8 Å². The van der Waals surface area contributed by atoms with Crippen molar-refractivity contribution in [3.05, 3.63) is 11.7 Å². The van der Waals surface area contributed by atoms with Gasteiger partial charge in [0.05, 0.1) is 6.54 Å². The predicted octanol–water partition coefficient (Wildman–Crippen LogP) is 1.25. The van der Waals surface area contributed by atoms with Crippen LogP contribution in [0.5, 0.6) is 0 Å². The number of hydrogen-bond donors (Lipinski definition) is 0. The van der Waals surface area contributed by atoms with Crippen molar-refractivity contribution in [3.8, 4) is 0 Å². The largest absolute Gasteiger partial charge is 0.342 e. The summed E-state index contributed by atoms with van der Waals surface area (Å²) in [6, 6.07) is 0.296. The minimum Gasteiger partial charge on any atom is -0.342 e. The van der Waals surface area contributed by atoms with Crippen LogP contribution >= 0.6 is 0 Å². The van der Waals surface area contributed by atoms with E-state index < -0.39 is 0 Å². The van der Waals surface area contributed by atoms with Crippen LogP contribution in [0, 0.1) is 0 Å². The molecule has 0 spiro atoms. The fourth-order valence-corrected chi connectivity index (χ4v) is 2.29. The van der Waals surface area contributed by atoms with Crippen molar-refractivity contribution in [2.75, 3.05) is 20.1 Å². The second-order valence-corrected chi connectivity index (χ2v) is 5.51. The summed E-state index contributed by atoms with van der Waals surface area (Å²) in [5.41, 5.74) is 0. The molecule has 1 atom stereocenters. The lowest BCUT2D eigenvalue weighted by Gasteiger charge is -2.23. The molecule has 0 saturated carbocycles. The maximum Gasteiger partial charge on any atom is 0.240 e. The number of carbonyl (C=O) groups is 1. The molecule has 2 heterocycles. The summed E-state index contributed by atoms with van der Waals surface area (Å²) in [7, 11) is 1.86. The van der Waals surface area contributed by atoms with Gasteiger partial charge in [-0.25, -0.2) is 0 Å². The Morgan fingerprint density at radius 3 is 2.89 bits per heavy atom. The molecule has 2 rings (SSSR count). The molecule has 1 amide bonds. The van der Waals surface area contributed by atoms with Gasteiger partial charge in [0, 0.05) is 39.0 Å². The van der Waals surface area contributed by atoms with Gasteiger partial charge in [0.2, 0.25) is 11.8 Å². The molecule has 1 aliphatic heterocycles. The van der Waals surface area contributed by atoms with Gasteiger partial charge in [-0.2, -0.15) is 4.98 Å². The zero-order chi connectivity index (χ0) is 14.0. The summed E-state index contributed by atoms with van der Waals surface area (Å²) in [5.74, 6) is 1.82. The van der Waals surface area contributed by atoms with Gasteiger partial charge >= 0.3 is 0 Å². The van der Waals surface area contributed by atoms with Gasteiger partial charge in [-0.1, -0.05) is 19.0 Å². The third-order valence-corrected chi connectivity index (χ3v) is 3.65. The number of likely N-dealkylation sites (N-methyl/N-ethyl adjacent to an activating group) is 1. The first kappa shape index (κ1) is 14.0. The molecule has 0 bridgehead atoms. The topological polar surface area (TPSA) is 62.5 Å². The summed E-state index contributed by atoms with van der Waals surface area (Å²) < 4.78 is 5.25. The quantitative estimate of drug-likeness (QED) is 0.820. The SMILES string of the molecule is CC(=O)N(C)C1CCN(Cc2nc(C(C)C)no2)C1. The number of nitrogens with zero attached hydrogens (tertiary/aromatic N) is 4. The van der Waals surface area contributed by atoms with E-state index >= 15 is 0 Å². The van der Waals surface area contributed by atoms with Crippen molar-refractivity contribution in [2.24, 2.45) is 0 Å². The molecule has 0 aliphatic carbocycles. The van der Waals surface area contributed by atoms with E-state index in [4.69, 9.17) is 4.52 Å². The Bertz CT molecular complexity index is 444. The molecule has 6 heteroatoms. The zero-order valence-corrected chi connectivity index (χ0v) is 12.1. The molecule has 1 unspecified atom stereocenters. The smallest absolute Gasteiger partial charge is 0.240 e. The first-order valence-electron chi connectivity index (χ1n) is 6.75. The highest BCUT2D eigenvalue weighted by Gasteiger charge is 2.28. The van der Waals surface area contributed by atoms with Gasteiger partial charge in [-0.05, 0) is 6.42 Å². The van der Waals surface area contributed by atoms with Crippen molar-refractivity contribution in [1.29, 1.82) is 0 Å². The summed E-state index contributed by atoms with van der Waals surface area (Å²) >= 11 is 0. The Morgan fingerprint density at radius 1 is 1.58 bits per heavy atom. The summed E-state index contributed by atoms with van der Waals surface area (Å²) in [4.78, 5) is 19.8. The molecule has 19 heavy (non-hydrogen) atoms. The van der Waals surface area contributed by atoms with Crippen LogP contribution in [0.1, 0.15) is 44.8 Å². The monoisotopic (exact) mass is 266 g/mol. The van der Waals surface area contributed by atoms with Crippen LogP contribution in [0.4, 0.5) is 0 Å². The number of hydrogen-bond acceptors (Lipinski definition) is 5. The van der Waals surface area contributed by atoms with Crippen molar-refractivity contribution in [2.45, 2.75) is 45.7 Å². The standard InChI is InChI=1S/C13H22N4O2/c1-9(2)13-14-12(19-15-13)8-17-6-5-11(7-17)16(4)10(3)18/h9,11H,5-8H2,1-4H3. The Kier molecular flexibility index (Phi) is 4.19. The number of aromatic nitrogens is 2. The molecule has 6 nitrogen and oxygen atoms in total. The van der Waals surface area contributed by atoms with Gasteiger partial charge in [0.1, 0.15) is 0 Å². The molecule has 1 aromatic heterocycles. The van der Waals surface area contributed by atoms with E-state index in [9.17, 15) is 4.79 Å². The molecule has 1 fully saturated rings. The summed E-state index contributed by atoms with van der Waals surface area (Å²) in [6.45, 7) is 8.19. The van der Waals surface area contributed by atoms with Crippen LogP contribution in [-0.4, -0.2) is 52.0 Å². The Morgan fingerprint density at radius 2 is 2.32 bits per heavy atom. The lowest BCUT2D eigenvalue weighted by atomic mass is 10.2. The van der Waals surface area contributed by atoms with Gasteiger partial charge in [-0.15, -0.1) is 0 Å². The minimum absolute atomic E-state index is 0.117. The van der Waals surface area contributed by atoms with Crippen LogP contribution in [0.25, 0.3) is 0 Å². The second kappa shape index (κ2) is 5.69. The van der Waals surface area contributed by atoms with E-state index in [1.807, 2.05) is 25.8 Å². The van der Waals surface area contributed by atoms with Crippen LogP contribution in [0.15, 0.2) is 4.52 Å². The average molecular weight is 266 g/mol. The van der Waals surface area contributed by atoms with Crippen LogP contribution < -0.4 is 0 Å². The average Bonchev–Trinajstić information content (AvgIpc) is 2.97. The Hall–Kier alpha value is -1.43. The zero-order valence-electron chi connectivity index (χ0n) is 12.1. The molecule has 0 N–H and O–H groups in total. The molecule has 0 aromatic carbocycles. The first-order chi connectivity index (χ1) is 8.97. The van der Waals surface area contributed by atoms with Crippen LogP contribution in [0.3, 0.4) is 0 Å². The van der Waals surface area contributed by atoms with E-state index in [1.54, 1.807) is 6.92 Å². The Balaban J connectivity index is 1.89. The molecular weight excluding hydrogens is 244 g/mol. The van der Waals surface area contributed by atoms with Crippen molar-refractivity contribution in [1.82, 2.24) is 19.9 Å². The molecule has 1 aliphatic rings. The van der Waals surface area contributed by atoms with E-state index in [2.05, 4.69) is 15.0 Å². The Labute approximate surface area is 113 Å². The highest BCUT2D eigenvalue weighted by molar-refractivity contribution is 5.73. The maximum atomic E-state index is 11.3. The highest BCUT2D eigenvalue weighted by atomic mass is 16.5. The highest BCUT2D eigenvalue weighted by Crippen LogP contribution is 2.17. The molecule has 1 saturated heterocycles. The minimum atomic E-state index is 0.117. The maximum absolute atomic E-state index is 11.3. The van der Waals surface area contributed by atoms with Gasteiger partial charge in [-0.3, -0.25) is 9.69 Å². The van der Waals surface area contributed by atoms with Crippen LogP contribution in [0.2, 0.25) is 0 Å². The number of rotatable bonds is 4. The van der Waals surface area contributed by atoms with Gasteiger partial charge < -0.3 is 9.42 Å².